The number of hydrogen-bond acceptors (Lipinski definition) is 2. The van der Waals surface area contributed by atoms with E-state index in [0.29, 0.717) is 6.04 Å². The Hall–Kier alpha value is -0.0800. The summed E-state index contributed by atoms with van der Waals surface area (Å²) in [4.78, 5) is 2.68. The molecular formula is C16H32N2. The summed E-state index contributed by atoms with van der Waals surface area (Å²) in [6.45, 7) is 9.71. The Labute approximate surface area is 114 Å². The molecule has 0 bridgehead atoms. The first kappa shape index (κ1) is 14.3. The first-order chi connectivity index (χ1) is 8.74. The molecule has 1 saturated heterocycles. The van der Waals surface area contributed by atoms with Gasteiger partial charge in [0.2, 0.25) is 0 Å². The van der Waals surface area contributed by atoms with Crippen molar-refractivity contribution in [2.24, 2.45) is 5.41 Å². The molecule has 2 fully saturated rings. The summed E-state index contributed by atoms with van der Waals surface area (Å²) in [6.07, 6.45) is 11.6. The first-order valence-corrected chi connectivity index (χ1v) is 8.20. The van der Waals surface area contributed by atoms with Gasteiger partial charge in [0.1, 0.15) is 0 Å². The number of rotatable bonds is 6. The predicted octanol–water partition coefficient (Wildman–Crippen LogP) is 3.42. The van der Waals surface area contributed by atoms with E-state index < -0.39 is 0 Å². The fraction of sp³-hybridized carbons (Fsp3) is 1.00. The van der Waals surface area contributed by atoms with Crippen LogP contribution in [0.1, 0.15) is 65.2 Å². The molecule has 1 unspecified atom stereocenters. The lowest BCUT2D eigenvalue weighted by molar-refractivity contribution is 0.108. The maximum absolute atomic E-state index is 3.65. The largest absolute Gasteiger partial charge is 0.313 e. The van der Waals surface area contributed by atoms with Crippen LogP contribution in [-0.2, 0) is 0 Å². The Morgan fingerprint density at radius 2 is 1.78 bits per heavy atom. The number of piperidine rings is 1. The van der Waals surface area contributed by atoms with Crippen molar-refractivity contribution < 1.29 is 0 Å². The van der Waals surface area contributed by atoms with Gasteiger partial charge in [0, 0.05) is 19.1 Å². The summed E-state index contributed by atoms with van der Waals surface area (Å²) in [7, 11) is 0. The SMILES string of the molecule is CCCC(C)NCCN1CCC2(CCCC2)CC1. The van der Waals surface area contributed by atoms with Crippen molar-refractivity contribution in [1.82, 2.24) is 10.2 Å². The van der Waals surface area contributed by atoms with Gasteiger partial charge in [0.25, 0.3) is 0 Å². The molecule has 1 atom stereocenters. The van der Waals surface area contributed by atoms with Crippen molar-refractivity contribution in [3.8, 4) is 0 Å². The average Bonchev–Trinajstić information content (AvgIpc) is 2.81. The summed E-state index contributed by atoms with van der Waals surface area (Å²) in [5.74, 6) is 0. The molecule has 106 valence electrons. The normalized spacial score (nSPS) is 25.7. The number of nitrogens with one attached hydrogen (secondary N) is 1. The van der Waals surface area contributed by atoms with Crippen molar-refractivity contribution >= 4 is 0 Å². The lowest BCUT2D eigenvalue weighted by Gasteiger charge is -2.39. The molecule has 0 aromatic carbocycles. The maximum Gasteiger partial charge on any atom is 0.0107 e. The van der Waals surface area contributed by atoms with E-state index in [2.05, 4.69) is 24.1 Å². The van der Waals surface area contributed by atoms with E-state index >= 15 is 0 Å². The van der Waals surface area contributed by atoms with Gasteiger partial charge in [0.05, 0.1) is 0 Å². The first-order valence-electron chi connectivity index (χ1n) is 8.20. The molecule has 1 N–H and O–H groups in total. The molecule has 2 aliphatic rings. The maximum atomic E-state index is 3.65. The predicted molar refractivity (Wildman–Crippen MR) is 78.9 cm³/mol. The quantitative estimate of drug-likeness (QED) is 0.779. The van der Waals surface area contributed by atoms with Crippen molar-refractivity contribution in [3.05, 3.63) is 0 Å². The monoisotopic (exact) mass is 252 g/mol. The Bertz CT molecular complexity index is 223. The second-order valence-corrected chi connectivity index (χ2v) is 6.69. The van der Waals surface area contributed by atoms with Crippen LogP contribution in [0.2, 0.25) is 0 Å². The van der Waals surface area contributed by atoms with Crippen molar-refractivity contribution in [3.63, 3.8) is 0 Å². The van der Waals surface area contributed by atoms with Gasteiger partial charge in [-0.25, -0.2) is 0 Å². The second-order valence-electron chi connectivity index (χ2n) is 6.69. The van der Waals surface area contributed by atoms with Crippen LogP contribution in [0.3, 0.4) is 0 Å². The van der Waals surface area contributed by atoms with Crippen LogP contribution >= 0.6 is 0 Å². The number of likely N-dealkylation sites (tertiary alicyclic amines) is 1. The molecule has 1 heterocycles. The van der Waals surface area contributed by atoms with E-state index in [1.807, 2.05) is 0 Å². The average molecular weight is 252 g/mol. The van der Waals surface area contributed by atoms with Gasteiger partial charge < -0.3 is 10.2 Å². The minimum atomic E-state index is 0.695. The summed E-state index contributed by atoms with van der Waals surface area (Å²) >= 11 is 0. The highest BCUT2D eigenvalue weighted by molar-refractivity contribution is 4.89. The summed E-state index contributed by atoms with van der Waals surface area (Å²) < 4.78 is 0. The molecule has 18 heavy (non-hydrogen) atoms. The molecule has 1 aliphatic carbocycles. The topological polar surface area (TPSA) is 15.3 Å². The van der Waals surface area contributed by atoms with E-state index in [1.54, 1.807) is 0 Å². The van der Waals surface area contributed by atoms with E-state index in [-0.39, 0.29) is 0 Å². The van der Waals surface area contributed by atoms with Gasteiger partial charge in [-0.1, -0.05) is 26.2 Å². The smallest absolute Gasteiger partial charge is 0.0107 e. The van der Waals surface area contributed by atoms with Crippen LogP contribution in [0.5, 0.6) is 0 Å². The van der Waals surface area contributed by atoms with Crippen LogP contribution in [0.25, 0.3) is 0 Å². The van der Waals surface area contributed by atoms with E-state index in [0.717, 1.165) is 5.41 Å². The molecule has 2 nitrogen and oxygen atoms in total. The Kier molecular flexibility index (Phi) is 5.50. The van der Waals surface area contributed by atoms with Gasteiger partial charge in [0.15, 0.2) is 0 Å². The van der Waals surface area contributed by atoms with Crippen molar-refractivity contribution in [1.29, 1.82) is 0 Å². The molecule has 1 spiro atoms. The molecular weight excluding hydrogens is 220 g/mol. The van der Waals surface area contributed by atoms with Crippen LogP contribution in [0.15, 0.2) is 0 Å². The molecule has 2 rings (SSSR count). The molecule has 0 aromatic rings. The fourth-order valence-electron chi connectivity index (χ4n) is 3.88. The Morgan fingerprint density at radius 1 is 1.11 bits per heavy atom. The third-order valence-electron chi connectivity index (χ3n) is 5.22. The van der Waals surface area contributed by atoms with E-state index in [1.165, 1.54) is 77.5 Å². The molecule has 0 aromatic heterocycles. The molecule has 2 heteroatoms. The van der Waals surface area contributed by atoms with Gasteiger partial charge in [-0.05, 0) is 57.5 Å². The molecule has 0 amide bonds. The summed E-state index contributed by atoms with van der Waals surface area (Å²) in [5.41, 5.74) is 0.777. The van der Waals surface area contributed by atoms with Crippen LogP contribution < -0.4 is 5.32 Å². The van der Waals surface area contributed by atoms with Crippen LogP contribution in [0, 0.1) is 5.41 Å². The van der Waals surface area contributed by atoms with E-state index in [9.17, 15) is 0 Å². The third-order valence-corrected chi connectivity index (χ3v) is 5.22. The summed E-state index contributed by atoms with van der Waals surface area (Å²) in [5, 5.41) is 3.65. The lowest BCUT2D eigenvalue weighted by Crippen LogP contribution is -2.42. The minimum absolute atomic E-state index is 0.695. The third kappa shape index (κ3) is 3.96. The molecule has 1 aliphatic heterocycles. The van der Waals surface area contributed by atoms with Crippen molar-refractivity contribution in [2.45, 2.75) is 71.3 Å². The number of nitrogens with zero attached hydrogens (tertiary/aromatic N) is 1. The minimum Gasteiger partial charge on any atom is -0.313 e. The van der Waals surface area contributed by atoms with Gasteiger partial charge in [-0.3, -0.25) is 0 Å². The summed E-state index contributed by atoms with van der Waals surface area (Å²) in [6, 6.07) is 0.695. The fourth-order valence-corrected chi connectivity index (χ4v) is 3.88. The standard InChI is InChI=1S/C16H32N2/c1-3-6-15(2)17-11-14-18-12-9-16(10-13-18)7-4-5-8-16/h15,17H,3-14H2,1-2H3. The van der Waals surface area contributed by atoms with Crippen LogP contribution in [0.4, 0.5) is 0 Å². The highest BCUT2D eigenvalue weighted by atomic mass is 15.1. The van der Waals surface area contributed by atoms with Gasteiger partial charge in [-0.2, -0.15) is 0 Å². The zero-order valence-electron chi connectivity index (χ0n) is 12.5. The second kappa shape index (κ2) is 6.91. The van der Waals surface area contributed by atoms with Gasteiger partial charge in [-0.15, -0.1) is 0 Å². The van der Waals surface area contributed by atoms with E-state index in [4.69, 9.17) is 0 Å². The Balaban J connectivity index is 1.59. The molecule has 1 saturated carbocycles. The highest BCUT2D eigenvalue weighted by Gasteiger charge is 2.36. The number of hydrogen-bond donors (Lipinski definition) is 1. The zero-order chi connectivity index (χ0) is 12.8. The van der Waals surface area contributed by atoms with Crippen LogP contribution in [-0.4, -0.2) is 37.1 Å². The van der Waals surface area contributed by atoms with Crippen molar-refractivity contribution in [2.75, 3.05) is 26.2 Å². The molecule has 0 radical (unpaired) electrons. The lowest BCUT2D eigenvalue weighted by atomic mass is 9.77. The Morgan fingerprint density at radius 3 is 2.39 bits per heavy atom. The van der Waals surface area contributed by atoms with Gasteiger partial charge >= 0.3 is 0 Å². The zero-order valence-corrected chi connectivity index (χ0v) is 12.5. The highest BCUT2D eigenvalue weighted by Crippen LogP contribution is 2.45.